The summed E-state index contributed by atoms with van der Waals surface area (Å²) in [4.78, 5) is 23.3. The number of oxazole rings is 1. The van der Waals surface area contributed by atoms with E-state index in [1.807, 2.05) is 41.8 Å². The maximum atomic E-state index is 13.0. The van der Waals surface area contributed by atoms with Crippen molar-refractivity contribution in [2.45, 2.75) is 37.7 Å². The molecular weight excluding hydrogens is 390 g/mol. The van der Waals surface area contributed by atoms with Crippen LogP contribution in [0.5, 0.6) is 0 Å². The molecule has 0 saturated heterocycles. The van der Waals surface area contributed by atoms with Crippen LogP contribution in [0, 0.1) is 5.92 Å². The third-order valence-corrected chi connectivity index (χ3v) is 6.26. The van der Waals surface area contributed by atoms with Crippen molar-refractivity contribution in [1.82, 2.24) is 14.5 Å². The molecule has 3 aromatic heterocycles. The van der Waals surface area contributed by atoms with Gasteiger partial charge >= 0.3 is 0 Å². The van der Waals surface area contributed by atoms with Crippen LogP contribution in [0.4, 0.5) is 0 Å². The van der Waals surface area contributed by atoms with Gasteiger partial charge in [-0.25, -0.2) is 9.97 Å². The van der Waals surface area contributed by atoms with Gasteiger partial charge in [0.15, 0.2) is 5.16 Å². The third kappa shape index (κ3) is 4.05. The van der Waals surface area contributed by atoms with E-state index in [1.165, 1.54) is 11.8 Å². The van der Waals surface area contributed by atoms with Gasteiger partial charge in [0.25, 0.3) is 5.56 Å². The standard InChI is InChI=1S/C21H21N3O2S2/c1-14(2)9-10-24-20(25)16-6-3-4-7-17(16)23-21(24)28-13-15-12-26-19(22-15)18-8-5-11-27-18/h3-8,11-12,14H,9-10,13H2,1-2H3. The zero-order valence-electron chi connectivity index (χ0n) is 15.8. The number of aromatic nitrogens is 3. The third-order valence-electron chi connectivity index (χ3n) is 4.39. The number of thioether (sulfide) groups is 1. The molecule has 4 aromatic rings. The van der Waals surface area contributed by atoms with E-state index in [9.17, 15) is 4.79 Å². The zero-order valence-corrected chi connectivity index (χ0v) is 17.4. The molecule has 0 atom stereocenters. The molecule has 4 rings (SSSR count). The quantitative estimate of drug-likeness (QED) is 0.299. The van der Waals surface area contributed by atoms with Crippen LogP contribution >= 0.6 is 23.1 Å². The lowest BCUT2D eigenvalue weighted by Crippen LogP contribution is -2.24. The highest BCUT2D eigenvalue weighted by atomic mass is 32.2. The highest BCUT2D eigenvalue weighted by Gasteiger charge is 2.14. The lowest BCUT2D eigenvalue weighted by atomic mass is 10.1. The minimum atomic E-state index is 0.0215. The minimum Gasteiger partial charge on any atom is -0.444 e. The van der Waals surface area contributed by atoms with Gasteiger partial charge in [0.1, 0.15) is 6.26 Å². The van der Waals surface area contributed by atoms with Crippen LogP contribution in [0.1, 0.15) is 26.0 Å². The number of rotatable bonds is 7. The lowest BCUT2D eigenvalue weighted by molar-refractivity contribution is 0.481. The second-order valence-electron chi connectivity index (χ2n) is 6.96. The van der Waals surface area contributed by atoms with Crippen molar-refractivity contribution in [1.29, 1.82) is 0 Å². The maximum absolute atomic E-state index is 13.0. The molecule has 0 aliphatic carbocycles. The predicted octanol–water partition coefficient (Wildman–Crippen LogP) is 5.45. The number of fused-ring (bicyclic) bond motifs is 1. The molecule has 0 amide bonds. The Balaban J connectivity index is 1.61. The van der Waals surface area contributed by atoms with Crippen LogP contribution in [0.25, 0.3) is 21.7 Å². The van der Waals surface area contributed by atoms with Gasteiger partial charge in [0.05, 0.1) is 21.5 Å². The topological polar surface area (TPSA) is 60.9 Å². The van der Waals surface area contributed by atoms with Crippen LogP contribution in [-0.2, 0) is 12.3 Å². The number of nitrogens with zero attached hydrogens (tertiary/aromatic N) is 3. The molecule has 0 bridgehead atoms. The lowest BCUT2D eigenvalue weighted by Gasteiger charge is -2.13. The van der Waals surface area contributed by atoms with Crippen molar-refractivity contribution < 1.29 is 4.42 Å². The molecule has 3 heterocycles. The summed E-state index contributed by atoms with van der Waals surface area (Å²) < 4.78 is 7.40. The maximum Gasteiger partial charge on any atom is 0.262 e. The van der Waals surface area contributed by atoms with Gasteiger partial charge in [-0.05, 0) is 35.9 Å². The smallest absolute Gasteiger partial charge is 0.262 e. The van der Waals surface area contributed by atoms with Gasteiger partial charge in [-0.1, -0.05) is 43.8 Å². The predicted molar refractivity (Wildman–Crippen MR) is 115 cm³/mol. The molecule has 0 aliphatic heterocycles. The van der Waals surface area contributed by atoms with Gasteiger partial charge in [0.2, 0.25) is 5.89 Å². The first-order valence-electron chi connectivity index (χ1n) is 9.22. The van der Waals surface area contributed by atoms with Crippen molar-refractivity contribution >= 4 is 34.0 Å². The molecule has 1 aromatic carbocycles. The summed E-state index contributed by atoms with van der Waals surface area (Å²) in [5, 5.41) is 3.39. The summed E-state index contributed by atoms with van der Waals surface area (Å²) in [6.07, 6.45) is 2.61. The molecule has 0 unspecified atom stereocenters. The molecule has 0 spiro atoms. The number of hydrogen-bond donors (Lipinski definition) is 0. The van der Waals surface area contributed by atoms with E-state index in [0.717, 1.165) is 27.7 Å². The Hall–Kier alpha value is -2.38. The van der Waals surface area contributed by atoms with Gasteiger partial charge in [0, 0.05) is 12.3 Å². The molecule has 0 fully saturated rings. The normalized spacial score (nSPS) is 11.5. The number of benzene rings is 1. The Labute approximate surface area is 171 Å². The first-order valence-corrected chi connectivity index (χ1v) is 11.1. The average molecular weight is 412 g/mol. The highest BCUT2D eigenvalue weighted by molar-refractivity contribution is 7.98. The van der Waals surface area contributed by atoms with Crippen LogP contribution in [-0.4, -0.2) is 14.5 Å². The Morgan fingerprint density at radius 1 is 1.18 bits per heavy atom. The Bertz CT molecular complexity index is 1130. The van der Waals surface area contributed by atoms with Crippen molar-refractivity contribution in [3.63, 3.8) is 0 Å². The average Bonchev–Trinajstić information content (AvgIpc) is 3.37. The van der Waals surface area contributed by atoms with E-state index in [2.05, 4.69) is 18.8 Å². The molecular formula is C21H21N3O2S2. The van der Waals surface area contributed by atoms with Gasteiger partial charge in [-0.3, -0.25) is 9.36 Å². The largest absolute Gasteiger partial charge is 0.444 e. The molecule has 5 nitrogen and oxygen atoms in total. The van der Waals surface area contributed by atoms with Crippen molar-refractivity contribution in [2.24, 2.45) is 5.92 Å². The molecule has 7 heteroatoms. The van der Waals surface area contributed by atoms with Crippen molar-refractivity contribution in [3.05, 3.63) is 64.1 Å². The second kappa shape index (κ2) is 8.32. The monoisotopic (exact) mass is 411 g/mol. The zero-order chi connectivity index (χ0) is 19.5. The van der Waals surface area contributed by atoms with E-state index < -0.39 is 0 Å². The Morgan fingerprint density at radius 2 is 2.04 bits per heavy atom. The van der Waals surface area contributed by atoms with Crippen molar-refractivity contribution in [2.75, 3.05) is 0 Å². The van der Waals surface area contributed by atoms with Crippen LogP contribution in [0.15, 0.2) is 62.4 Å². The van der Waals surface area contributed by atoms with E-state index >= 15 is 0 Å². The first kappa shape index (κ1) is 19.0. The molecule has 28 heavy (non-hydrogen) atoms. The van der Waals surface area contributed by atoms with Crippen LogP contribution in [0.3, 0.4) is 0 Å². The fraction of sp³-hybridized carbons (Fsp3) is 0.286. The SMILES string of the molecule is CC(C)CCn1c(SCc2coc(-c3cccs3)n2)nc2ccccc2c1=O. The fourth-order valence-corrected chi connectivity index (χ4v) is 4.43. The van der Waals surface area contributed by atoms with Gasteiger partial charge in [-0.2, -0.15) is 0 Å². The number of para-hydroxylation sites is 1. The Morgan fingerprint density at radius 3 is 2.82 bits per heavy atom. The summed E-state index contributed by atoms with van der Waals surface area (Å²) in [5.74, 6) is 1.75. The molecule has 0 radical (unpaired) electrons. The van der Waals surface area contributed by atoms with E-state index in [-0.39, 0.29) is 5.56 Å². The molecule has 0 N–H and O–H groups in total. The summed E-state index contributed by atoms with van der Waals surface area (Å²) in [5.41, 5.74) is 1.59. The van der Waals surface area contributed by atoms with Gasteiger partial charge in [-0.15, -0.1) is 11.3 Å². The van der Waals surface area contributed by atoms with Gasteiger partial charge < -0.3 is 4.42 Å². The summed E-state index contributed by atoms with van der Waals surface area (Å²) in [6, 6.07) is 11.5. The second-order valence-corrected chi connectivity index (χ2v) is 8.85. The molecule has 144 valence electrons. The highest BCUT2D eigenvalue weighted by Crippen LogP contribution is 2.27. The van der Waals surface area contributed by atoms with Crippen LogP contribution < -0.4 is 5.56 Å². The minimum absolute atomic E-state index is 0.0215. The summed E-state index contributed by atoms with van der Waals surface area (Å²) >= 11 is 3.12. The Kier molecular flexibility index (Phi) is 5.64. The molecule has 0 aliphatic rings. The van der Waals surface area contributed by atoms with E-state index in [0.29, 0.717) is 29.5 Å². The summed E-state index contributed by atoms with van der Waals surface area (Å²) in [7, 11) is 0. The number of thiophene rings is 1. The number of hydrogen-bond acceptors (Lipinski definition) is 6. The first-order chi connectivity index (χ1) is 13.6. The van der Waals surface area contributed by atoms with Crippen LogP contribution in [0.2, 0.25) is 0 Å². The molecule has 0 saturated carbocycles. The fourth-order valence-electron chi connectivity index (χ4n) is 2.87. The summed E-state index contributed by atoms with van der Waals surface area (Å²) in [6.45, 7) is 4.98. The van der Waals surface area contributed by atoms with Crippen molar-refractivity contribution in [3.8, 4) is 10.8 Å². The van der Waals surface area contributed by atoms with E-state index in [4.69, 9.17) is 9.40 Å². The van der Waals surface area contributed by atoms with E-state index in [1.54, 1.807) is 22.2 Å².